The third-order valence-corrected chi connectivity index (χ3v) is 1.71. The van der Waals surface area contributed by atoms with Gasteiger partial charge in [0, 0.05) is 6.42 Å². The first-order valence-corrected chi connectivity index (χ1v) is 4.44. The van der Waals surface area contributed by atoms with E-state index in [1.807, 2.05) is 6.92 Å². The molecular formula is C12H16O2. The predicted octanol–water partition coefficient (Wildman–Crippen LogP) is 2.79. The molecule has 0 aromatic rings. The lowest BCUT2D eigenvalue weighted by atomic mass is 10.1. The highest BCUT2D eigenvalue weighted by Crippen LogP contribution is 2.16. The van der Waals surface area contributed by atoms with Gasteiger partial charge in [0.25, 0.3) is 0 Å². The summed E-state index contributed by atoms with van der Waals surface area (Å²) in [5.41, 5.74) is 1.06. The van der Waals surface area contributed by atoms with Gasteiger partial charge in [-0.05, 0) is 5.57 Å². The van der Waals surface area contributed by atoms with E-state index in [4.69, 9.17) is 4.74 Å². The van der Waals surface area contributed by atoms with Crippen molar-refractivity contribution in [3.8, 4) is 0 Å². The Bertz CT molecular complexity index is 272. The van der Waals surface area contributed by atoms with Crippen LogP contribution in [0.3, 0.4) is 0 Å². The van der Waals surface area contributed by atoms with Crippen molar-refractivity contribution in [1.29, 1.82) is 0 Å². The molecule has 0 heterocycles. The largest absolute Gasteiger partial charge is 0.493 e. The molecule has 0 aliphatic carbocycles. The van der Waals surface area contributed by atoms with E-state index in [0.717, 1.165) is 6.29 Å². The molecule has 0 rings (SSSR count). The first-order chi connectivity index (χ1) is 6.71. The van der Waals surface area contributed by atoms with Crippen LogP contribution in [0.25, 0.3) is 0 Å². The van der Waals surface area contributed by atoms with Crippen LogP contribution in [-0.4, -0.2) is 12.9 Å². The molecule has 0 saturated heterocycles. The summed E-state index contributed by atoms with van der Waals surface area (Å²) in [5.74, 6) is 0.629. The highest BCUT2D eigenvalue weighted by atomic mass is 16.5. The topological polar surface area (TPSA) is 26.3 Å². The number of carbonyl (C=O) groups is 1. The Hall–Kier alpha value is -1.57. The van der Waals surface area contributed by atoms with Gasteiger partial charge in [-0.25, -0.2) is 0 Å². The van der Waals surface area contributed by atoms with Gasteiger partial charge in [0.05, 0.1) is 5.57 Å². The number of ether oxygens (including phenoxy) is 1. The summed E-state index contributed by atoms with van der Waals surface area (Å²) in [6.45, 7) is 13.1. The number of hydrogen-bond acceptors (Lipinski definition) is 2. The van der Waals surface area contributed by atoms with E-state index in [9.17, 15) is 4.79 Å². The molecule has 0 N–H and O–H groups in total. The SMILES string of the molecule is C=CCO/C(CC)=C(/C=O)C(=C)C=C. The minimum Gasteiger partial charge on any atom is -0.493 e. The predicted molar refractivity (Wildman–Crippen MR) is 58.9 cm³/mol. The molecule has 14 heavy (non-hydrogen) atoms. The van der Waals surface area contributed by atoms with Crippen molar-refractivity contribution >= 4 is 6.29 Å². The first kappa shape index (κ1) is 12.4. The van der Waals surface area contributed by atoms with Crippen molar-refractivity contribution in [3.63, 3.8) is 0 Å². The zero-order chi connectivity index (χ0) is 11.0. The van der Waals surface area contributed by atoms with Crippen molar-refractivity contribution in [2.75, 3.05) is 6.61 Å². The third kappa shape index (κ3) is 3.44. The van der Waals surface area contributed by atoms with Crippen LogP contribution in [0.2, 0.25) is 0 Å². The summed E-state index contributed by atoms with van der Waals surface area (Å²) in [4.78, 5) is 10.8. The van der Waals surface area contributed by atoms with Crippen molar-refractivity contribution in [2.24, 2.45) is 0 Å². The Morgan fingerprint density at radius 1 is 1.43 bits per heavy atom. The quantitative estimate of drug-likeness (QED) is 0.204. The second kappa shape index (κ2) is 6.89. The molecule has 0 atom stereocenters. The van der Waals surface area contributed by atoms with Crippen LogP contribution in [0.1, 0.15) is 13.3 Å². The monoisotopic (exact) mass is 192 g/mol. The van der Waals surface area contributed by atoms with Gasteiger partial charge in [-0.2, -0.15) is 0 Å². The second-order valence-electron chi connectivity index (χ2n) is 2.64. The lowest BCUT2D eigenvalue weighted by Crippen LogP contribution is -1.99. The highest BCUT2D eigenvalue weighted by Gasteiger charge is 2.06. The van der Waals surface area contributed by atoms with Gasteiger partial charge in [0.1, 0.15) is 12.4 Å². The zero-order valence-electron chi connectivity index (χ0n) is 8.58. The summed E-state index contributed by atoms with van der Waals surface area (Å²) in [6.07, 6.45) is 4.56. The van der Waals surface area contributed by atoms with Crippen LogP contribution >= 0.6 is 0 Å². The maximum Gasteiger partial charge on any atom is 0.154 e. The Kier molecular flexibility index (Phi) is 6.12. The molecule has 0 aliphatic rings. The molecule has 76 valence electrons. The second-order valence-corrected chi connectivity index (χ2v) is 2.64. The Morgan fingerprint density at radius 3 is 2.43 bits per heavy atom. The fourth-order valence-corrected chi connectivity index (χ4v) is 0.960. The first-order valence-electron chi connectivity index (χ1n) is 4.44. The van der Waals surface area contributed by atoms with E-state index < -0.39 is 0 Å². The van der Waals surface area contributed by atoms with Gasteiger partial charge in [-0.15, -0.1) is 0 Å². The number of carbonyl (C=O) groups excluding carboxylic acids is 1. The van der Waals surface area contributed by atoms with Gasteiger partial charge in [-0.1, -0.05) is 38.8 Å². The smallest absolute Gasteiger partial charge is 0.154 e. The Morgan fingerprint density at radius 2 is 2.07 bits per heavy atom. The molecule has 0 saturated carbocycles. The van der Waals surface area contributed by atoms with E-state index in [2.05, 4.69) is 19.7 Å². The number of aldehydes is 1. The highest BCUT2D eigenvalue weighted by molar-refractivity contribution is 5.82. The fourth-order valence-electron chi connectivity index (χ4n) is 0.960. The summed E-state index contributed by atoms with van der Waals surface area (Å²) in [7, 11) is 0. The van der Waals surface area contributed by atoms with E-state index in [1.165, 1.54) is 6.08 Å². The molecule has 0 aromatic carbocycles. The van der Waals surface area contributed by atoms with E-state index in [0.29, 0.717) is 29.9 Å². The fraction of sp³-hybridized carbons (Fsp3) is 0.250. The maximum atomic E-state index is 10.8. The molecule has 0 radical (unpaired) electrons. The minimum absolute atomic E-state index is 0.394. The molecule has 0 aromatic heterocycles. The summed E-state index contributed by atoms with van der Waals surface area (Å²) in [6, 6.07) is 0. The van der Waals surface area contributed by atoms with Crippen molar-refractivity contribution < 1.29 is 9.53 Å². The summed E-state index contributed by atoms with van der Waals surface area (Å²) < 4.78 is 5.34. The Balaban J connectivity index is 4.89. The van der Waals surface area contributed by atoms with Crippen LogP contribution < -0.4 is 0 Å². The van der Waals surface area contributed by atoms with Gasteiger partial charge >= 0.3 is 0 Å². The number of rotatable bonds is 7. The molecular weight excluding hydrogens is 176 g/mol. The van der Waals surface area contributed by atoms with Crippen molar-refractivity contribution in [1.82, 2.24) is 0 Å². The summed E-state index contributed by atoms with van der Waals surface area (Å²) in [5, 5.41) is 0. The number of allylic oxidation sites excluding steroid dienone is 4. The Labute approximate surface area is 85.3 Å². The van der Waals surface area contributed by atoms with Crippen LogP contribution in [0.15, 0.2) is 48.8 Å². The van der Waals surface area contributed by atoms with E-state index in [-0.39, 0.29) is 0 Å². The van der Waals surface area contributed by atoms with E-state index in [1.54, 1.807) is 6.08 Å². The van der Waals surface area contributed by atoms with E-state index >= 15 is 0 Å². The van der Waals surface area contributed by atoms with Gasteiger partial charge in [-0.3, -0.25) is 4.79 Å². The molecule has 0 unspecified atom stereocenters. The lowest BCUT2D eigenvalue weighted by molar-refractivity contribution is -0.104. The van der Waals surface area contributed by atoms with Gasteiger partial charge < -0.3 is 4.74 Å². The van der Waals surface area contributed by atoms with Crippen molar-refractivity contribution in [2.45, 2.75) is 13.3 Å². The maximum absolute atomic E-state index is 10.8. The average Bonchev–Trinajstić information content (AvgIpc) is 2.23. The van der Waals surface area contributed by atoms with Gasteiger partial charge in [0.2, 0.25) is 0 Å². The standard InChI is InChI=1S/C12H16O2/c1-5-8-14-12(7-3)11(9-13)10(4)6-2/h5-6,9H,1-2,4,7-8H2,3H3/b12-11-. The van der Waals surface area contributed by atoms with Crippen LogP contribution in [0, 0.1) is 0 Å². The third-order valence-electron chi connectivity index (χ3n) is 1.71. The lowest BCUT2D eigenvalue weighted by Gasteiger charge is -2.10. The molecule has 0 aliphatic heterocycles. The summed E-state index contributed by atoms with van der Waals surface area (Å²) >= 11 is 0. The van der Waals surface area contributed by atoms with Crippen LogP contribution in [0.5, 0.6) is 0 Å². The molecule has 0 spiro atoms. The van der Waals surface area contributed by atoms with Gasteiger partial charge in [0.15, 0.2) is 6.29 Å². The van der Waals surface area contributed by atoms with Crippen LogP contribution in [0.4, 0.5) is 0 Å². The van der Waals surface area contributed by atoms with Crippen molar-refractivity contribution in [3.05, 3.63) is 48.8 Å². The molecule has 0 bridgehead atoms. The average molecular weight is 192 g/mol. The molecule has 0 fully saturated rings. The number of hydrogen-bond donors (Lipinski definition) is 0. The molecule has 2 nitrogen and oxygen atoms in total. The van der Waals surface area contributed by atoms with Crippen LogP contribution in [-0.2, 0) is 9.53 Å². The normalized spacial score (nSPS) is 11.2. The minimum atomic E-state index is 0.394. The molecule has 0 amide bonds. The molecule has 2 heteroatoms. The zero-order valence-corrected chi connectivity index (χ0v) is 8.58.